The Bertz CT molecular complexity index is 468. The molecule has 1 aromatic carbocycles. The predicted molar refractivity (Wildman–Crippen MR) is 66.4 cm³/mol. The summed E-state index contributed by atoms with van der Waals surface area (Å²) in [5.74, 6) is -0.427. The van der Waals surface area contributed by atoms with Crippen molar-refractivity contribution in [3.8, 4) is 0 Å². The fourth-order valence-corrected chi connectivity index (χ4v) is 3.27. The maximum atomic E-state index is 12.2. The highest BCUT2D eigenvalue weighted by Gasteiger charge is 2.23. The van der Waals surface area contributed by atoms with Gasteiger partial charge in [0.2, 0.25) is 0 Å². The number of rotatable bonds is 3. The van der Waals surface area contributed by atoms with Crippen LogP contribution in [0.4, 0.5) is 0 Å². The van der Waals surface area contributed by atoms with E-state index in [4.69, 9.17) is 0 Å². The highest BCUT2D eigenvalue weighted by Crippen LogP contribution is 2.25. The molecule has 0 heterocycles. The van der Waals surface area contributed by atoms with Crippen LogP contribution in [0.3, 0.4) is 0 Å². The molecule has 92 valence electrons. The minimum Gasteiger partial charge on any atom is -0.468 e. The van der Waals surface area contributed by atoms with Gasteiger partial charge in [0.15, 0.2) is 0 Å². The summed E-state index contributed by atoms with van der Waals surface area (Å²) >= 11 is 0. The molecule has 2 rings (SSSR count). The predicted octanol–water partition coefficient (Wildman–Crippen LogP) is 1.84. The summed E-state index contributed by atoms with van der Waals surface area (Å²) in [6.07, 6.45) is 3.32. The Morgan fingerprint density at radius 3 is 2.76 bits per heavy atom. The second-order valence-corrected chi connectivity index (χ2v) is 6.02. The number of benzene rings is 1. The van der Waals surface area contributed by atoms with Gasteiger partial charge in [-0.2, -0.15) is 0 Å². The van der Waals surface area contributed by atoms with E-state index in [2.05, 4.69) is 4.74 Å². The van der Waals surface area contributed by atoms with Crippen LogP contribution >= 0.6 is 0 Å². The number of ether oxygens (including phenoxy) is 1. The van der Waals surface area contributed by atoms with E-state index in [-0.39, 0.29) is 0 Å². The summed E-state index contributed by atoms with van der Waals surface area (Å²) in [7, 11) is -0.00686. The standard InChI is InChI=1S/C13H16O3S/c1-9(13(14)16-2)17(15)12-7-6-10-4-3-5-11(10)8-12/h6-9H,3-5H2,1-2H3. The molecule has 0 saturated carbocycles. The molecule has 0 saturated heterocycles. The van der Waals surface area contributed by atoms with Crippen molar-refractivity contribution in [2.75, 3.05) is 7.11 Å². The summed E-state index contributed by atoms with van der Waals surface area (Å²) in [4.78, 5) is 12.1. The van der Waals surface area contributed by atoms with Crippen LogP contribution in [0.2, 0.25) is 0 Å². The second kappa shape index (κ2) is 5.00. The molecule has 1 aliphatic carbocycles. The van der Waals surface area contributed by atoms with Crippen LogP contribution in [-0.4, -0.2) is 22.5 Å². The Morgan fingerprint density at radius 2 is 2.06 bits per heavy atom. The van der Waals surface area contributed by atoms with Gasteiger partial charge in [-0.1, -0.05) is 6.07 Å². The van der Waals surface area contributed by atoms with Crippen LogP contribution in [0.25, 0.3) is 0 Å². The van der Waals surface area contributed by atoms with Crippen LogP contribution in [-0.2, 0) is 33.2 Å². The first-order chi connectivity index (χ1) is 8.13. The second-order valence-electron chi connectivity index (χ2n) is 4.25. The van der Waals surface area contributed by atoms with Gasteiger partial charge >= 0.3 is 5.97 Å². The van der Waals surface area contributed by atoms with E-state index in [1.807, 2.05) is 18.2 Å². The van der Waals surface area contributed by atoms with Gasteiger partial charge in [-0.25, -0.2) is 0 Å². The lowest BCUT2D eigenvalue weighted by Crippen LogP contribution is -2.23. The lowest BCUT2D eigenvalue weighted by atomic mass is 10.1. The lowest BCUT2D eigenvalue weighted by Gasteiger charge is -2.10. The van der Waals surface area contributed by atoms with Gasteiger partial charge in [0.05, 0.1) is 17.9 Å². The Labute approximate surface area is 104 Å². The normalized spacial score (nSPS) is 17.3. The van der Waals surface area contributed by atoms with E-state index in [1.54, 1.807) is 6.92 Å². The molecule has 0 radical (unpaired) electrons. The maximum absolute atomic E-state index is 12.2. The number of aryl methyl sites for hydroxylation is 2. The van der Waals surface area contributed by atoms with Crippen molar-refractivity contribution < 1.29 is 13.7 Å². The number of carbonyl (C=O) groups is 1. The number of esters is 1. The number of methoxy groups -OCH3 is 1. The molecule has 2 unspecified atom stereocenters. The molecule has 1 aromatic rings. The van der Waals surface area contributed by atoms with E-state index in [1.165, 1.54) is 18.2 Å². The molecule has 0 N–H and O–H groups in total. The van der Waals surface area contributed by atoms with Gasteiger partial charge in [0.1, 0.15) is 5.25 Å². The largest absolute Gasteiger partial charge is 0.468 e. The van der Waals surface area contributed by atoms with E-state index in [0.29, 0.717) is 0 Å². The highest BCUT2D eigenvalue weighted by molar-refractivity contribution is 7.86. The van der Waals surface area contributed by atoms with Gasteiger partial charge in [0, 0.05) is 4.90 Å². The van der Waals surface area contributed by atoms with Crippen LogP contribution < -0.4 is 0 Å². The number of hydrogen-bond acceptors (Lipinski definition) is 3. The Balaban J connectivity index is 2.23. The van der Waals surface area contributed by atoms with Crippen LogP contribution in [0, 0.1) is 0 Å². The quantitative estimate of drug-likeness (QED) is 0.771. The molecule has 1 aliphatic rings. The fourth-order valence-electron chi connectivity index (χ4n) is 2.13. The monoisotopic (exact) mass is 252 g/mol. The van der Waals surface area contributed by atoms with Crippen LogP contribution in [0.15, 0.2) is 23.1 Å². The zero-order valence-corrected chi connectivity index (χ0v) is 10.9. The van der Waals surface area contributed by atoms with E-state index in [0.717, 1.165) is 24.2 Å². The van der Waals surface area contributed by atoms with Gasteiger partial charge in [-0.05, 0) is 49.4 Å². The minimum absolute atomic E-state index is 0.427. The molecule has 0 fully saturated rings. The molecule has 4 heteroatoms. The summed E-state index contributed by atoms with van der Waals surface area (Å²) in [6, 6.07) is 5.86. The van der Waals surface area contributed by atoms with E-state index < -0.39 is 22.0 Å². The number of hydrogen-bond donors (Lipinski definition) is 0. The number of carbonyl (C=O) groups excluding carboxylic acids is 1. The third-order valence-corrected chi connectivity index (χ3v) is 4.71. The van der Waals surface area contributed by atoms with Gasteiger partial charge in [0.25, 0.3) is 0 Å². The third kappa shape index (κ3) is 2.41. The van der Waals surface area contributed by atoms with E-state index in [9.17, 15) is 9.00 Å². The summed E-state index contributed by atoms with van der Waals surface area (Å²) in [6.45, 7) is 1.63. The molecule has 17 heavy (non-hydrogen) atoms. The van der Waals surface area contributed by atoms with Gasteiger partial charge < -0.3 is 4.74 Å². The SMILES string of the molecule is COC(=O)C(C)S(=O)c1ccc2c(c1)CCC2. The average Bonchev–Trinajstić information content (AvgIpc) is 2.83. The molecular formula is C13H16O3S. The molecule has 3 nitrogen and oxygen atoms in total. The molecule has 0 aromatic heterocycles. The van der Waals surface area contributed by atoms with Crippen molar-refractivity contribution in [3.63, 3.8) is 0 Å². The summed E-state index contributed by atoms with van der Waals surface area (Å²) in [5, 5.41) is -0.612. The topological polar surface area (TPSA) is 43.4 Å². The van der Waals surface area contributed by atoms with Crippen molar-refractivity contribution in [2.24, 2.45) is 0 Å². The smallest absolute Gasteiger partial charge is 0.321 e. The third-order valence-electron chi connectivity index (χ3n) is 3.16. The maximum Gasteiger partial charge on any atom is 0.321 e. The zero-order chi connectivity index (χ0) is 12.4. The van der Waals surface area contributed by atoms with Crippen molar-refractivity contribution in [1.82, 2.24) is 0 Å². The molecule has 0 amide bonds. The van der Waals surface area contributed by atoms with Crippen molar-refractivity contribution in [3.05, 3.63) is 29.3 Å². The first kappa shape index (κ1) is 12.3. The Morgan fingerprint density at radius 1 is 1.35 bits per heavy atom. The van der Waals surface area contributed by atoms with Gasteiger partial charge in [-0.15, -0.1) is 0 Å². The first-order valence-corrected chi connectivity index (χ1v) is 6.95. The van der Waals surface area contributed by atoms with Gasteiger partial charge in [-0.3, -0.25) is 9.00 Å². The lowest BCUT2D eigenvalue weighted by molar-refractivity contribution is -0.139. The first-order valence-electron chi connectivity index (χ1n) is 5.73. The zero-order valence-electron chi connectivity index (χ0n) is 10.1. The van der Waals surface area contributed by atoms with Crippen molar-refractivity contribution in [2.45, 2.75) is 36.3 Å². The minimum atomic E-state index is -1.33. The molecule has 0 spiro atoms. The Kier molecular flexibility index (Phi) is 3.62. The number of fused-ring (bicyclic) bond motifs is 1. The average molecular weight is 252 g/mol. The van der Waals surface area contributed by atoms with E-state index >= 15 is 0 Å². The Hall–Kier alpha value is -1.16. The summed E-state index contributed by atoms with van der Waals surface area (Å²) < 4.78 is 16.8. The fraction of sp³-hybridized carbons (Fsp3) is 0.462. The molecule has 0 bridgehead atoms. The molecule has 2 atom stereocenters. The van der Waals surface area contributed by atoms with Crippen molar-refractivity contribution >= 4 is 16.8 Å². The highest BCUT2D eigenvalue weighted by atomic mass is 32.2. The van der Waals surface area contributed by atoms with Crippen LogP contribution in [0.5, 0.6) is 0 Å². The van der Waals surface area contributed by atoms with Crippen LogP contribution in [0.1, 0.15) is 24.5 Å². The van der Waals surface area contributed by atoms with Crippen molar-refractivity contribution in [1.29, 1.82) is 0 Å². The molecular weight excluding hydrogens is 236 g/mol. The molecule has 0 aliphatic heterocycles. The summed E-state index contributed by atoms with van der Waals surface area (Å²) in [5.41, 5.74) is 2.62.